The molecule has 2 aromatic rings. The second-order valence-electron chi connectivity index (χ2n) is 10.4. The molecule has 10 heteroatoms. The number of likely N-dealkylation sites (N-methyl/N-ethyl adjacent to an activating group) is 2. The van der Waals surface area contributed by atoms with Crippen LogP contribution in [0.3, 0.4) is 0 Å². The van der Waals surface area contributed by atoms with Crippen LogP contribution in [0.15, 0.2) is 23.0 Å². The maximum absolute atomic E-state index is 13.6. The molecule has 1 aliphatic heterocycles. The topological polar surface area (TPSA) is 113 Å². The van der Waals surface area contributed by atoms with Crippen LogP contribution >= 0.6 is 0 Å². The number of hydrogen-bond donors (Lipinski definition) is 1. The number of rotatable bonds is 5. The van der Waals surface area contributed by atoms with Gasteiger partial charge in [-0.3, -0.25) is 23.7 Å². The highest BCUT2D eigenvalue weighted by Gasteiger charge is 2.37. The van der Waals surface area contributed by atoms with Crippen LogP contribution in [0.1, 0.15) is 66.6 Å². The molecule has 36 heavy (non-hydrogen) atoms. The third-order valence-corrected chi connectivity index (χ3v) is 6.66. The van der Waals surface area contributed by atoms with E-state index in [2.05, 4.69) is 4.98 Å². The fourth-order valence-electron chi connectivity index (χ4n) is 4.42. The molecule has 1 aliphatic rings. The minimum Gasteiger partial charge on any atom is -0.501 e. The number of carbonyl (C=O) groups is 3. The molecule has 9 nitrogen and oxygen atoms in total. The van der Waals surface area contributed by atoms with E-state index in [-0.39, 0.29) is 42.1 Å². The first-order valence-corrected chi connectivity index (χ1v) is 11.8. The van der Waals surface area contributed by atoms with Crippen molar-refractivity contribution in [3.8, 4) is 5.75 Å². The highest BCUT2D eigenvalue weighted by Crippen LogP contribution is 2.36. The number of ketones is 1. The van der Waals surface area contributed by atoms with Crippen molar-refractivity contribution in [2.75, 3.05) is 21.1 Å². The van der Waals surface area contributed by atoms with Gasteiger partial charge >= 0.3 is 11.8 Å². The Kier molecular flexibility index (Phi) is 7.66. The first-order chi connectivity index (χ1) is 16.7. The summed E-state index contributed by atoms with van der Waals surface area (Å²) in [7, 11) is 4.41. The number of fused-ring (bicyclic) bond motifs is 1. The van der Waals surface area contributed by atoms with Crippen LogP contribution in [0.2, 0.25) is 0 Å². The lowest BCUT2D eigenvalue weighted by molar-refractivity contribution is -0.151. The van der Waals surface area contributed by atoms with E-state index in [9.17, 15) is 28.7 Å². The predicted octanol–water partition coefficient (Wildman–Crippen LogP) is 2.62. The van der Waals surface area contributed by atoms with E-state index in [4.69, 9.17) is 0 Å². The van der Waals surface area contributed by atoms with E-state index < -0.39 is 34.9 Å². The zero-order chi connectivity index (χ0) is 26.9. The molecule has 3 rings (SSSR count). The second kappa shape index (κ2) is 10.2. The number of aromatic hydroxyl groups is 1. The predicted molar refractivity (Wildman–Crippen MR) is 131 cm³/mol. The van der Waals surface area contributed by atoms with Crippen molar-refractivity contribution >= 4 is 17.6 Å². The normalized spacial score (nSPS) is 16.6. The highest BCUT2D eigenvalue weighted by molar-refractivity contribution is 6.34. The molecule has 0 bridgehead atoms. The van der Waals surface area contributed by atoms with E-state index in [1.165, 1.54) is 41.6 Å². The molecule has 0 saturated heterocycles. The maximum atomic E-state index is 13.6. The van der Waals surface area contributed by atoms with Crippen molar-refractivity contribution < 1.29 is 23.9 Å². The van der Waals surface area contributed by atoms with Crippen LogP contribution < -0.4 is 5.56 Å². The molecule has 194 valence electrons. The fourth-order valence-corrected chi connectivity index (χ4v) is 4.42. The Morgan fingerprint density at radius 2 is 1.86 bits per heavy atom. The molecule has 2 heterocycles. The van der Waals surface area contributed by atoms with E-state index in [1.54, 1.807) is 19.1 Å². The van der Waals surface area contributed by atoms with Gasteiger partial charge in [-0.15, -0.1) is 0 Å². The number of amides is 2. The summed E-state index contributed by atoms with van der Waals surface area (Å²) in [4.78, 5) is 58.3. The van der Waals surface area contributed by atoms with Gasteiger partial charge in [-0.05, 0) is 48.8 Å². The van der Waals surface area contributed by atoms with Crippen LogP contribution in [0.4, 0.5) is 4.39 Å². The SMILES string of the molecule is Cc1cc(CCC(=O)c2nc3n(c(=O)c2O)CC(C)(C)CCC3N(C)C(=O)C(=O)N(C)C)ccc1F. The lowest BCUT2D eigenvalue weighted by Gasteiger charge is -2.28. The smallest absolute Gasteiger partial charge is 0.312 e. The number of Topliss-reactive ketones (excluding diaryl/α,β-unsaturated/α-hetero) is 1. The molecule has 0 radical (unpaired) electrons. The van der Waals surface area contributed by atoms with Gasteiger partial charge in [-0.1, -0.05) is 26.0 Å². The zero-order valence-electron chi connectivity index (χ0n) is 21.6. The molecular weight excluding hydrogens is 467 g/mol. The Labute approximate surface area is 209 Å². The Balaban J connectivity index is 2.02. The van der Waals surface area contributed by atoms with E-state index in [0.717, 1.165) is 5.56 Å². The van der Waals surface area contributed by atoms with Crippen molar-refractivity contribution in [1.29, 1.82) is 0 Å². The lowest BCUT2D eigenvalue weighted by atomic mass is 9.87. The summed E-state index contributed by atoms with van der Waals surface area (Å²) in [6, 6.07) is 3.80. The molecule has 2 amide bonds. The number of aromatic nitrogens is 2. The van der Waals surface area contributed by atoms with Crippen LogP contribution in [-0.4, -0.2) is 63.2 Å². The third-order valence-electron chi connectivity index (χ3n) is 6.66. The number of halogens is 1. The monoisotopic (exact) mass is 500 g/mol. The molecule has 0 saturated carbocycles. The van der Waals surface area contributed by atoms with Gasteiger partial charge in [0.25, 0.3) is 5.56 Å². The quantitative estimate of drug-likeness (QED) is 0.499. The molecule has 1 N–H and O–H groups in total. The summed E-state index contributed by atoms with van der Waals surface area (Å²) in [5.74, 6) is -2.96. The van der Waals surface area contributed by atoms with Gasteiger partial charge < -0.3 is 14.9 Å². The second-order valence-corrected chi connectivity index (χ2v) is 10.4. The van der Waals surface area contributed by atoms with E-state index in [0.29, 0.717) is 18.4 Å². The minimum absolute atomic E-state index is 0.0570. The van der Waals surface area contributed by atoms with Gasteiger partial charge in [-0.2, -0.15) is 0 Å². The van der Waals surface area contributed by atoms with Gasteiger partial charge in [-0.25, -0.2) is 9.37 Å². The Morgan fingerprint density at radius 3 is 2.47 bits per heavy atom. The van der Waals surface area contributed by atoms with Gasteiger partial charge in [0.05, 0.1) is 6.04 Å². The molecule has 0 spiro atoms. The summed E-state index contributed by atoms with van der Waals surface area (Å²) in [6.07, 6.45) is 1.24. The standard InChI is InChI=1S/C26H33FN4O5/c1-15-13-16(7-9-17(15)27)8-10-19(32)20-21(33)23(34)31-14-26(2,3)12-11-18(22(31)28-20)30(6)25(36)24(35)29(4)5/h7,9,13,18,33H,8,10-12,14H2,1-6H3. The molecule has 1 atom stereocenters. The Bertz CT molecular complexity index is 1270. The highest BCUT2D eigenvalue weighted by atomic mass is 19.1. The minimum atomic E-state index is -0.766. The number of carbonyl (C=O) groups excluding carboxylic acids is 3. The number of aryl methyl sites for hydroxylation is 2. The largest absolute Gasteiger partial charge is 0.501 e. The van der Waals surface area contributed by atoms with E-state index >= 15 is 0 Å². The molecule has 1 unspecified atom stereocenters. The maximum Gasteiger partial charge on any atom is 0.312 e. The summed E-state index contributed by atoms with van der Waals surface area (Å²) in [5, 5.41) is 10.7. The molecule has 1 aromatic heterocycles. The molecule has 0 fully saturated rings. The van der Waals surface area contributed by atoms with Crippen LogP contribution in [0.5, 0.6) is 5.75 Å². The van der Waals surface area contributed by atoms with Gasteiger partial charge in [0.1, 0.15) is 11.6 Å². The van der Waals surface area contributed by atoms with Crippen molar-refractivity contribution in [1.82, 2.24) is 19.4 Å². The number of hydrogen-bond acceptors (Lipinski definition) is 6. The van der Waals surface area contributed by atoms with E-state index in [1.807, 2.05) is 13.8 Å². The van der Waals surface area contributed by atoms with Crippen molar-refractivity contribution in [3.63, 3.8) is 0 Å². The van der Waals surface area contributed by atoms with Crippen LogP contribution in [0, 0.1) is 18.2 Å². The first kappa shape index (κ1) is 27.0. The number of benzene rings is 1. The lowest BCUT2D eigenvalue weighted by Crippen LogP contribution is -2.43. The Hall–Kier alpha value is -3.56. The number of nitrogens with zero attached hydrogens (tertiary/aromatic N) is 4. The fraction of sp³-hybridized carbons (Fsp3) is 0.500. The summed E-state index contributed by atoms with van der Waals surface area (Å²) < 4.78 is 14.9. The van der Waals surface area contributed by atoms with Crippen molar-refractivity contribution in [2.45, 2.75) is 59.0 Å². The van der Waals surface area contributed by atoms with Crippen LogP contribution in [0.25, 0.3) is 0 Å². The Morgan fingerprint density at radius 1 is 1.19 bits per heavy atom. The zero-order valence-corrected chi connectivity index (χ0v) is 21.6. The van der Waals surface area contributed by atoms with Gasteiger partial charge in [0, 0.05) is 34.1 Å². The van der Waals surface area contributed by atoms with Crippen molar-refractivity contribution in [2.24, 2.45) is 5.41 Å². The average molecular weight is 501 g/mol. The van der Waals surface area contributed by atoms with Gasteiger partial charge in [0.15, 0.2) is 11.5 Å². The molecule has 0 aliphatic carbocycles. The molecular formula is C26H33FN4O5. The molecule has 1 aromatic carbocycles. The van der Waals surface area contributed by atoms with Crippen LogP contribution in [-0.2, 0) is 22.6 Å². The third kappa shape index (κ3) is 5.47. The first-order valence-electron chi connectivity index (χ1n) is 11.8. The average Bonchev–Trinajstić information content (AvgIpc) is 2.95. The van der Waals surface area contributed by atoms with Crippen molar-refractivity contribution in [3.05, 3.63) is 57.0 Å². The summed E-state index contributed by atoms with van der Waals surface area (Å²) >= 11 is 0. The summed E-state index contributed by atoms with van der Waals surface area (Å²) in [5.41, 5.74) is -0.298. The summed E-state index contributed by atoms with van der Waals surface area (Å²) in [6.45, 7) is 5.77. The van der Waals surface area contributed by atoms with Gasteiger partial charge in [0.2, 0.25) is 5.75 Å².